The molecular weight excluding hydrogens is 291 g/mol. The van der Waals surface area contributed by atoms with Gasteiger partial charge in [-0.15, -0.1) is 0 Å². The third kappa shape index (κ3) is 2.57. The maximum Gasteiger partial charge on any atom is 0.359 e. The van der Waals surface area contributed by atoms with Crippen molar-refractivity contribution >= 4 is 28.8 Å². The molecule has 0 bridgehead atoms. The zero-order valence-corrected chi connectivity index (χ0v) is 12.4. The smallest absolute Gasteiger partial charge is 0.321 e. The second-order valence-corrected chi connectivity index (χ2v) is 6.28. The van der Waals surface area contributed by atoms with Crippen LogP contribution in [0.5, 0.6) is 0 Å². The van der Waals surface area contributed by atoms with Gasteiger partial charge in [-0.2, -0.15) is 0 Å². The Kier molecular flexibility index (Phi) is 4.35. The monoisotopic (exact) mass is 306 g/mol. The molecule has 0 saturated carbocycles. The average Bonchev–Trinajstić information content (AvgIpc) is 2.13. The molecule has 0 aromatic heterocycles. The first kappa shape index (κ1) is 13.9. The lowest BCUT2D eigenvalue weighted by molar-refractivity contribution is 0.284. The number of rotatable bonds is 3. The van der Waals surface area contributed by atoms with Crippen LogP contribution in [0.2, 0.25) is 0 Å². The molecule has 1 aromatic carbocycles. The Morgan fingerprint density at radius 2 is 1.94 bits per heavy atom. The van der Waals surface area contributed by atoms with E-state index >= 15 is 0 Å². The highest BCUT2D eigenvalue weighted by Gasteiger charge is 2.27. The minimum Gasteiger partial charge on any atom is -0.321 e. The van der Waals surface area contributed by atoms with Gasteiger partial charge in [0, 0.05) is 4.47 Å². The van der Waals surface area contributed by atoms with Crippen LogP contribution in [0.1, 0.15) is 23.6 Å². The summed E-state index contributed by atoms with van der Waals surface area (Å²) in [5.74, 6) is 0. The van der Waals surface area contributed by atoms with Gasteiger partial charge in [-0.05, 0) is 44.4 Å². The molecular formula is C11H16BrO3P. The first-order chi connectivity index (χ1) is 7.31. The van der Waals surface area contributed by atoms with E-state index in [1.807, 2.05) is 26.8 Å². The van der Waals surface area contributed by atoms with E-state index in [2.05, 4.69) is 15.9 Å². The Morgan fingerprint density at radius 1 is 1.38 bits per heavy atom. The highest BCUT2D eigenvalue weighted by Crippen LogP contribution is 2.44. The highest BCUT2D eigenvalue weighted by atomic mass is 79.9. The third-order valence-corrected chi connectivity index (χ3v) is 5.51. The SMILES string of the molecule is CCOP(=O)(O)c1c(C)cc(C)c(Br)c1C. The molecule has 0 saturated heterocycles. The molecule has 0 heterocycles. The van der Waals surface area contributed by atoms with Gasteiger partial charge in [0.15, 0.2) is 0 Å². The molecule has 0 aliphatic rings. The third-order valence-electron chi connectivity index (χ3n) is 2.42. The van der Waals surface area contributed by atoms with E-state index < -0.39 is 7.60 Å². The second kappa shape index (κ2) is 5.01. The molecule has 1 atom stereocenters. The Balaban J connectivity index is 3.46. The fourth-order valence-electron chi connectivity index (χ4n) is 1.83. The number of hydrogen-bond acceptors (Lipinski definition) is 2. The Hall–Kier alpha value is -0.150. The van der Waals surface area contributed by atoms with Crippen LogP contribution in [0.25, 0.3) is 0 Å². The van der Waals surface area contributed by atoms with Crippen molar-refractivity contribution in [3.8, 4) is 0 Å². The lowest BCUT2D eigenvalue weighted by Crippen LogP contribution is -2.16. The lowest BCUT2D eigenvalue weighted by atomic mass is 10.1. The van der Waals surface area contributed by atoms with Crippen LogP contribution in [0, 0.1) is 20.8 Å². The average molecular weight is 307 g/mol. The van der Waals surface area contributed by atoms with Crippen molar-refractivity contribution in [3.05, 3.63) is 27.2 Å². The summed E-state index contributed by atoms with van der Waals surface area (Å²) in [5.41, 5.74) is 2.62. The van der Waals surface area contributed by atoms with Gasteiger partial charge < -0.3 is 9.42 Å². The minimum atomic E-state index is -3.70. The van der Waals surface area contributed by atoms with Crippen molar-refractivity contribution in [2.24, 2.45) is 0 Å². The number of aryl methyl sites for hydroxylation is 2. The van der Waals surface area contributed by atoms with Crippen molar-refractivity contribution in [1.82, 2.24) is 0 Å². The standard InChI is InChI=1S/C11H16BrO3P/c1-5-15-16(13,14)11-8(3)6-7(2)10(12)9(11)4/h6H,5H2,1-4H3,(H,13,14). The largest absolute Gasteiger partial charge is 0.359 e. The van der Waals surface area contributed by atoms with Gasteiger partial charge in [0.2, 0.25) is 0 Å². The number of halogens is 1. The van der Waals surface area contributed by atoms with Gasteiger partial charge in [0.05, 0.1) is 11.9 Å². The van der Waals surface area contributed by atoms with Crippen molar-refractivity contribution in [3.63, 3.8) is 0 Å². The Morgan fingerprint density at radius 3 is 2.44 bits per heavy atom. The first-order valence-corrected chi connectivity index (χ1v) is 7.42. The van der Waals surface area contributed by atoms with Crippen LogP contribution in [0.4, 0.5) is 0 Å². The molecule has 5 heteroatoms. The molecule has 0 fully saturated rings. The first-order valence-electron chi connectivity index (χ1n) is 5.05. The molecule has 0 aliphatic heterocycles. The highest BCUT2D eigenvalue weighted by molar-refractivity contribution is 9.10. The van der Waals surface area contributed by atoms with Gasteiger partial charge in [-0.1, -0.05) is 22.0 Å². The van der Waals surface area contributed by atoms with E-state index in [4.69, 9.17) is 4.52 Å². The Labute approximate surface area is 104 Å². The van der Waals surface area contributed by atoms with Crippen molar-refractivity contribution < 1.29 is 14.0 Å². The van der Waals surface area contributed by atoms with Crippen molar-refractivity contribution in [1.29, 1.82) is 0 Å². The predicted molar refractivity (Wildman–Crippen MR) is 69.4 cm³/mol. The summed E-state index contributed by atoms with van der Waals surface area (Å²) in [6.45, 7) is 7.52. The van der Waals surface area contributed by atoms with Crippen LogP contribution >= 0.6 is 23.5 Å². The number of hydrogen-bond donors (Lipinski definition) is 1. The molecule has 0 aliphatic carbocycles. The van der Waals surface area contributed by atoms with Gasteiger partial charge in [-0.25, -0.2) is 0 Å². The topological polar surface area (TPSA) is 46.5 Å². The summed E-state index contributed by atoms with van der Waals surface area (Å²) in [6.07, 6.45) is 0. The summed E-state index contributed by atoms with van der Waals surface area (Å²) in [4.78, 5) is 9.88. The summed E-state index contributed by atoms with van der Waals surface area (Å²) in [6, 6.07) is 1.88. The molecule has 90 valence electrons. The molecule has 16 heavy (non-hydrogen) atoms. The fourth-order valence-corrected chi connectivity index (χ4v) is 3.82. The van der Waals surface area contributed by atoms with Crippen molar-refractivity contribution in [2.45, 2.75) is 27.7 Å². The van der Waals surface area contributed by atoms with Crippen LogP contribution in [-0.4, -0.2) is 11.5 Å². The van der Waals surface area contributed by atoms with Crippen LogP contribution < -0.4 is 5.30 Å². The summed E-state index contributed by atoms with van der Waals surface area (Å²) in [5, 5.41) is 0.409. The van der Waals surface area contributed by atoms with E-state index in [1.165, 1.54) is 0 Å². The zero-order chi connectivity index (χ0) is 12.5. The molecule has 0 amide bonds. The van der Waals surface area contributed by atoms with Crippen LogP contribution in [0.15, 0.2) is 10.5 Å². The summed E-state index contributed by atoms with van der Waals surface area (Å²) < 4.78 is 17.9. The maximum absolute atomic E-state index is 12.0. The summed E-state index contributed by atoms with van der Waals surface area (Å²) >= 11 is 3.42. The molecule has 3 nitrogen and oxygen atoms in total. The fraction of sp³-hybridized carbons (Fsp3) is 0.455. The van der Waals surface area contributed by atoms with E-state index in [9.17, 15) is 9.46 Å². The number of benzene rings is 1. The zero-order valence-electron chi connectivity index (χ0n) is 9.87. The van der Waals surface area contributed by atoms with Gasteiger partial charge in [0.1, 0.15) is 0 Å². The van der Waals surface area contributed by atoms with Crippen molar-refractivity contribution in [2.75, 3.05) is 6.61 Å². The Bertz CT molecular complexity index is 457. The van der Waals surface area contributed by atoms with Gasteiger partial charge in [0.25, 0.3) is 0 Å². The predicted octanol–water partition coefficient (Wildman–Crippen LogP) is 3.22. The molecule has 1 aromatic rings. The van der Waals surface area contributed by atoms with E-state index in [-0.39, 0.29) is 6.61 Å². The normalized spacial score (nSPS) is 14.9. The molecule has 1 rings (SSSR count). The van der Waals surface area contributed by atoms with E-state index in [1.54, 1.807) is 6.92 Å². The summed E-state index contributed by atoms with van der Waals surface area (Å²) in [7, 11) is -3.70. The van der Waals surface area contributed by atoms with Crippen LogP contribution in [0.3, 0.4) is 0 Å². The van der Waals surface area contributed by atoms with Gasteiger partial charge in [-0.3, -0.25) is 4.57 Å². The molecule has 0 radical (unpaired) electrons. The lowest BCUT2D eigenvalue weighted by Gasteiger charge is -2.18. The van der Waals surface area contributed by atoms with E-state index in [0.717, 1.165) is 21.2 Å². The van der Waals surface area contributed by atoms with E-state index in [0.29, 0.717) is 5.30 Å². The quantitative estimate of drug-likeness (QED) is 0.872. The molecule has 1 N–H and O–H groups in total. The van der Waals surface area contributed by atoms with Crippen LogP contribution in [-0.2, 0) is 9.09 Å². The second-order valence-electron chi connectivity index (χ2n) is 3.74. The maximum atomic E-state index is 12.0. The molecule has 0 spiro atoms. The molecule has 1 unspecified atom stereocenters. The van der Waals surface area contributed by atoms with Gasteiger partial charge >= 0.3 is 7.60 Å². The minimum absolute atomic E-state index is 0.220.